The van der Waals surface area contributed by atoms with Crippen LogP contribution in [0.1, 0.15) is 18.4 Å². The number of hydrogen-bond acceptors (Lipinski definition) is 3. The molecular weight excluding hydrogens is 207 g/mol. The Hall–Kier alpha value is -1.60. The summed E-state index contributed by atoms with van der Waals surface area (Å²) in [6, 6.07) is 6.17. The van der Waals surface area contributed by atoms with Gasteiger partial charge in [0.15, 0.2) is 0 Å². The number of anilines is 1. The van der Waals surface area contributed by atoms with Crippen LogP contribution in [0.25, 0.3) is 0 Å². The molecule has 0 bridgehead atoms. The number of piperidine rings is 1. The van der Waals surface area contributed by atoms with E-state index in [4.69, 9.17) is 5.26 Å². The number of β-amino-alcohol motifs (C(OH)–C–C–N with tert-alkyl or cyclic N) is 1. The number of aliphatic hydroxyl groups is 1. The van der Waals surface area contributed by atoms with E-state index < -0.39 is 5.82 Å². The van der Waals surface area contributed by atoms with Gasteiger partial charge in [-0.15, -0.1) is 0 Å². The molecule has 1 saturated heterocycles. The van der Waals surface area contributed by atoms with Gasteiger partial charge in [0.1, 0.15) is 11.9 Å². The third-order valence-electron chi connectivity index (χ3n) is 2.82. The van der Waals surface area contributed by atoms with Crippen molar-refractivity contribution >= 4 is 5.69 Å². The van der Waals surface area contributed by atoms with Gasteiger partial charge in [0, 0.05) is 13.1 Å². The van der Waals surface area contributed by atoms with Gasteiger partial charge in [0.2, 0.25) is 0 Å². The van der Waals surface area contributed by atoms with E-state index in [0.29, 0.717) is 17.8 Å². The van der Waals surface area contributed by atoms with Crippen LogP contribution in [0.2, 0.25) is 0 Å². The zero-order chi connectivity index (χ0) is 11.5. The van der Waals surface area contributed by atoms with Gasteiger partial charge < -0.3 is 10.0 Å². The maximum absolute atomic E-state index is 13.0. The zero-order valence-corrected chi connectivity index (χ0v) is 8.86. The molecule has 1 aromatic rings. The molecule has 3 nitrogen and oxygen atoms in total. The highest BCUT2D eigenvalue weighted by atomic mass is 19.1. The lowest BCUT2D eigenvalue weighted by Gasteiger charge is -2.32. The molecule has 84 valence electrons. The molecule has 1 aliphatic heterocycles. The van der Waals surface area contributed by atoms with Crippen LogP contribution in [0, 0.1) is 17.1 Å². The van der Waals surface area contributed by atoms with Gasteiger partial charge in [-0.1, -0.05) is 0 Å². The van der Waals surface area contributed by atoms with Gasteiger partial charge in [-0.3, -0.25) is 0 Å². The average Bonchev–Trinajstić information content (AvgIpc) is 2.28. The topological polar surface area (TPSA) is 47.3 Å². The number of nitriles is 1. The van der Waals surface area contributed by atoms with Crippen LogP contribution in [0.3, 0.4) is 0 Å². The summed E-state index contributed by atoms with van der Waals surface area (Å²) in [5, 5.41) is 18.5. The molecule has 1 heterocycles. The first-order chi connectivity index (χ1) is 7.70. The van der Waals surface area contributed by atoms with Crippen LogP contribution in [0.15, 0.2) is 18.2 Å². The van der Waals surface area contributed by atoms with E-state index in [1.165, 1.54) is 12.1 Å². The van der Waals surface area contributed by atoms with E-state index in [1.807, 2.05) is 11.0 Å². The Bertz CT molecular complexity index is 428. The molecule has 1 fully saturated rings. The second kappa shape index (κ2) is 4.50. The summed E-state index contributed by atoms with van der Waals surface area (Å²) in [4.78, 5) is 1.94. The molecule has 0 amide bonds. The van der Waals surface area contributed by atoms with Crippen molar-refractivity contribution in [3.63, 3.8) is 0 Å². The van der Waals surface area contributed by atoms with E-state index in [0.717, 1.165) is 19.4 Å². The number of aliphatic hydroxyl groups excluding tert-OH is 1. The van der Waals surface area contributed by atoms with Crippen LogP contribution in [0.4, 0.5) is 10.1 Å². The molecule has 0 radical (unpaired) electrons. The Morgan fingerprint density at radius 2 is 2.31 bits per heavy atom. The van der Waals surface area contributed by atoms with Crippen molar-refractivity contribution in [2.24, 2.45) is 0 Å². The first-order valence-electron chi connectivity index (χ1n) is 5.33. The quantitative estimate of drug-likeness (QED) is 0.783. The average molecular weight is 220 g/mol. The summed E-state index contributed by atoms with van der Waals surface area (Å²) in [6.45, 7) is 1.32. The second-order valence-corrected chi connectivity index (χ2v) is 4.02. The Balaban J connectivity index is 2.29. The minimum atomic E-state index is -0.405. The fourth-order valence-electron chi connectivity index (χ4n) is 2.05. The maximum atomic E-state index is 13.0. The van der Waals surface area contributed by atoms with Crippen LogP contribution in [0.5, 0.6) is 0 Å². The fraction of sp³-hybridized carbons (Fsp3) is 0.417. The van der Waals surface area contributed by atoms with Crippen molar-refractivity contribution in [3.05, 3.63) is 29.6 Å². The van der Waals surface area contributed by atoms with Crippen LogP contribution >= 0.6 is 0 Å². The Morgan fingerprint density at radius 3 is 3.00 bits per heavy atom. The molecule has 1 aliphatic rings. The lowest BCUT2D eigenvalue weighted by Crippen LogP contribution is -2.38. The van der Waals surface area contributed by atoms with Gasteiger partial charge in [0.25, 0.3) is 0 Å². The number of hydrogen-bond donors (Lipinski definition) is 1. The number of rotatable bonds is 1. The van der Waals surface area contributed by atoms with Gasteiger partial charge in [-0.25, -0.2) is 4.39 Å². The Morgan fingerprint density at radius 1 is 1.50 bits per heavy atom. The minimum Gasteiger partial charge on any atom is -0.391 e. The van der Waals surface area contributed by atoms with E-state index in [1.54, 1.807) is 6.07 Å². The molecule has 0 saturated carbocycles. The Kier molecular flexibility index (Phi) is 3.07. The largest absolute Gasteiger partial charge is 0.391 e. The molecule has 16 heavy (non-hydrogen) atoms. The number of benzene rings is 1. The summed E-state index contributed by atoms with van der Waals surface area (Å²) in [7, 11) is 0. The van der Waals surface area contributed by atoms with Gasteiger partial charge in [-0.2, -0.15) is 5.26 Å². The van der Waals surface area contributed by atoms with Gasteiger partial charge >= 0.3 is 0 Å². The summed E-state index contributed by atoms with van der Waals surface area (Å²) in [6.07, 6.45) is 1.33. The molecule has 2 rings (SSSR count). The summed E-state index contributed by atoms with van der Waals surface area (Å²) >= 11 is 0. The van der Waals surface area contributed by atoms with E-state index in [2.05, 4.69) is 0 Å². The molecule has 0 aromatic heterocycles. The summed E-state index contributed by atoms with van der Waals surface area (Å²) < 4.78 is 13.0. The molecule has 1 atom stereocenters. The van der Waals surface area contributed by atoms with E-state index >= 15 is 0 Å². The van der Waals surface area contributed by atoms with Crippen LogP contribution in [-0.2, 0) is 0 Å². The molecule has 4 heteroatoms. The SMILES string of the molecule is N#Cc1cc(F)ccc1N1CCC[C@H](O)C1. The number of nitrogens with zero attached hydrogens (tertiary/aromatic N) is 2. The molecular formula is C12H13FN2O. The van der Waals surface area contributed by atoms with Gasteiger partial charge in [0.05, 0.1) is 17.4 Å². The van der Waals surface area contributed by atoms with Crippen LogP contribution in [-0.4, -0.2) is 24.3 Å². The van der Waals surface area contributed by atoms with Crippen molar-refractivity contribution in [2.45, 2.75) is 18.9 Å². The molecule has 0 spiro atoms. The Labute approximate surface area is 93.7 Å². The third kappa shape index (κ3) is 2.15. The highest BCUT2D eigenvalue weighted by Gasteiger charge is 2.20. The molecule has 1 aromatic carbocycles. The lowest BCUT2D eigenvalue weighted by molar-refractivity contribution is 0.154. The van der Waals surface area contributed by atoms with Crippen molar-refractivity contribution in [1.82, 2.24) is 0 Å². The molecule has 0 unspecified atom stereocenters. The first-order valence-corrected chi connectivity index (χ1v) is 5.33. The molecule has 1 N–H and O–H groups in total. The zero-order valence-electron chi connectivity index (χ0n) is 8.86. The monoisotopic (exact) mass is 220 g/mol. The highest BCUT2D eigenvalue weighted by Crippen LogP contribution is 2.24. The molecule has 0 aliphatic carbocycles. The van der Waals surface area contributed by atoms with E-state index in [-0.39, 0.29) is 6.10 Å². The third-order valence-corrected chi connectivity index (χ3v) is 2.82. The maximum Gasteiger partial charge on any atom is 0.124 e. The highest BCUT2D eigenvalue weighted by molar-refractivity contribution is 5.59. The summed E-state index contributed by atoms with van der Waals surface area (Å²) in [5.41, 5.74) is 1.04. The predicted molar refractivity (Wildman–Crippen MR) is 58.6 cm³/mol. The number of halogens is 1. The van der Waals surface area contributed by atoms with E-state index in [9.17, 15) is 9.50 Å². The first kappa shape index (κ1) is 10.9. The van der Waals surface area contributed by atoms with Crippen molar-refractivity contribution < 1.29 is 9.50 Å². The van der Waals surface area contributed by atoms with Crippen LogP contribution < -0.4 is 4.90 Å². The second-order valence-electron chi connectivity index (χ2n) is 4.02. The summed E-state index contributed by atoms with van der Waals surface area (Å²) in [5.74, 6) is -0.405. The fourth-order valence-corrected chi connectivity index (χ4v) is 2.05. The van der Waals surface area contributed by atoms with Crippen molar-refractivity contribution in [3.8, 4) is 6.07 Å². The minimum absolute atomic E-state index is 0.328. The van der Waals surface area contributed by atoms with Crippen molar-refractivity contribution in [2.75, 3.05) is 18.0 Å². The normalized spacial score (nSPS) is 20.6. The smallest absolute Gasteiger partial charge is 0.124 e. The van der Waals surface area contributed by atoms with Crippen molar-refractivity contribution in [1.29, 1.82) is 5.26 Å². The lowest BCUT2D eigenvalue weighted by atomic mass is 10.1. The standard InChI is InChI=1S/C12H13FN2O/c13-10-3-4-12(9(6-10)7-14)15-5-1-2-11(16)8-15/h3-4,6,11,16H,1-2,5,8H2/t11-/m0/s1. The predicted octanol–water partition coefficient (Wildman–Crippen LogP) is 1.66. The van der Waals surface area contributed by atoms with Gasteiger partial charge in [-0.05, 0) is 31.0 Å².